The minimum atomic E-state index is 0.489. The summed E-state index contributed by atoms with van der Waals surface area (Å²) in [5.74, 6) is 0. The third-order valence-electron chi connectivity index (χ3n) is 3.39. The summed E-state index contributed by atoms with van der Waals surface area (Å²) in [6.45, 7) is 3.34. The predicted molar refractivity (Wildman–Crippen MR) is 79.4 cm³/mol. The molecule has 0 amide bonds. The molecule has 1 saturated heterocycles. The van der Waals surface area contributed by atoms with E-state index in [0.717, 1.165) is 18.7 Å². The predicted octanol–water partition coefficient (Wildman–Crippen LogP) is 4.25. The molecule has 0 bridgehead atoms. The fourth-order valence-corrected chi connectivity index (χ4v) is 4.24. The number of hydrogen-bond acceptors (Lipinski definition) is 4. The lowest BCUT2D eigenvalue weighted by molar-refractivity contribution is 0.411. The topological polar surface area (TPSA) is 24.9 Å². The first kappa shape index (κ1) is 12.3. The number of rotatable bonds is 3. The first-order valence-electron chi connectivity index (χ1n) is 6.64. The SMILES string of the molecule is CCc1ccc(-c2csc(C3CCCCN3)n2)s1. The molecule has 1 N–H and O–H groups in total. The summed E-state index contributed by atoms with van der Waals surface area (Å²) < 4.78 is 0. The minimum Gasteiger partial charge on any atom is -0.308 e. The maximum Gasteiger partial charge on any atom is 0.110 e. The quantitative estimate of drug-likeness (QED) is 0.908. The van der Waals surface area contributed by atoms with E-state index in [1.165, 1.54) is 34.0 Å². The molecule has 4 heteroatoms. The molecular weight excluding hydrogens is 260 g/mol. The van der Waals surface area contributed by atoms with Crippen LogP contribution in [-0.2, 0) is 6.42 Å². The number of nitrogens with one attached hydrogen (secondary N) is 1. The van der Waals surface area contributed by atoms with Gasteiger partial charge in [-0.1, -0.05) is 13.3 Å². The molecule has 2 aromatic rings. The highest BCUT2D eigenvalue weighted by Crippen LogP contribution is 2.32. The summed E-state index contributed by atoms with van der Waals surface area (Å²) in [5, 5.41) is 7.03. The molecule has 0 aliphatic carbocycles. The van der Waals surface area contributed by atoms with Crippen LogP contribution in [0.2, 0.25) is 0 Å². The Kier molecular flexibility index (Phi) is 3.77. The Labute approximate surface area is 116 Å². The standard InChI is InChI=1S/C14H18N2S2/c1-2-10-6-7-13(18-10)12-9-17-14(16-12)11-5-3-4-8-15-11/h6-7,9,11,15H,2-5,8H2,1H3. The van der Waals surface area contributed by atoms with Gasteiger partial charge < -0.3 is 5.32 Å². The molecule has 1 fully saturated rings. The first-order valence-corrected chi connectivity index (χ1v) is 8.34. The third kappa shape index (κ3) is 2.51. The number of aromatic nitrogens is 1. The maximum absolute atomic E-state index is 4.82. The molecule has 0 radical (unpaired) electrons. The van der Waals surface area contributed by atoms with Gasteiger partial charge in [0.1, 0.15) is 5.01 Å². The normalized spacial score (nSPS) is 20.2. The van der Waals surface area contributed by atoms with E-state index in [2.05, 4.69) is 29.8 Å². The fourth-order valence-electron chi connectivity index (χ4n) is 2.33. The average molecular weight is 278 g/mol. The van der Waals surface area contributed by atoms with E-state index in [1.54, 1.807) is 11.3 Å². The van der Waals surface area contributed by atoms with Gasteiger partial charge >= 0.3 is 0 Å². The van der Waals surface area contributed by atoms with Gasteiger partial charge in [-0.2, -0.15) is 0 Å². The highest BCUT2D eigenvalue weighted by molar-refractivity contribution is 7.16. The van der Waals surface area contributed by atoms with Crippen LogP contribution in [0.25, 0.3) is 10.6 Å². The largest absolute Gasteiger partial charge is 0.308 e. The van der Waals surface area contributed by atoms with Crippen LogP contribution < -0.4 is 5.32 Å². The summed E-state index contributed by atoms with van der Waals surface area (Å²) in [6, 6.07) is 4.91. The average Bonchev–Trinajstić information content (AvgIpc) is 3.08. The number of hydrogen-bond donors (Lipinski definition) is 1. The van der Waals surface area contributed by atoms with E-state index >= 15 is 0 Å². The molecule has 1 unspecified atom stereocenters. The number of piperidine rings is 1. The molecule has 2 aromatic heterocycles. The molecular formula is C14H18N2S2. The van der Waals surface area contributed by atoms with E-state index in [1.807, 2.05) is 11.3 Å². The molecule has 0 aromatic carbocycles. The lowest BCUT2D eigenvalue weighted by Crippen LogP contribution is -2.26. The van der Waals surface area contributed by atoms with Crippen LogP contribution in [-0.4, -0.2) is 11.5 Å². The van der Waals surface area contributed by atoms with Crippen molar-refractivity contribution in [3.63, 3.8) is 0 Å². The Morgan fingerprint density at radius 1 is 1.39 bits per heavy atom. The second-order valence-electron chi connectivity index (χ2n) is 4.69. The summed E-state index contributed by atoms with van der Waals surface area (Å²) in [6.07, 6.45) is 4.98. The molecule has 1 aliphatic heterocycles. The Balaban J connectivity index is 1.79. The molecule has 0 spiro atoms. The summed E-state index contributed by atoms with van der Waals surface area (Å²) in [4.78, 5) is 7.57. The van der Waals surface area contributed by atoms with Crippen molar-refractivity contribution in [2.75, 3.05) is 6.54 Å². The van der Waals surface area contributed by atoms with Crippen LogP contribution in [0.3, 0.4) is 0 Å². The minimum absolute atomic E-state index is 0.489. The number of nitrogens with zero attached hydrogens (tertiary/aromatic N) is 1. The van der Waals surface area contributed by atoms with Crippen molar-refractivity contribution >= 4 is 22.7 Å². The Morgan fingerprint density at radius 3 is 3.06 bits per heavy atom. The van der Waals surface area contributed by atoms with E-state index in [4.69, 9.17) is 4.98 Å². The Morgan fingerprint density at radius 2 is 2.33 bits per heavy atom. The summed E-state index contributed by atoms with van der Waals surface area (Å²) in [7, 11) is 0. The molecule has 0 saturated carbocycles. The Bertz CT molecular complexity index is 509. The smallest absolute Gasteiger partial charge is 0.110 e. The van der Waals surface area contributed by atoms with Crippen LogP contribution in [0.1, 0.15) is 42.1 Å². The van der Waals surface area contributed by atoms with Gasteiger partial charge in [0.2, 0.25) is 0 Å². The molecule has 2 nitrogen and oxygen atoms in total. The van der Waals surface area contributed by atoms with Gasteiger partial charge in [-0.3, -0.25) is 0 Å². The second kappa shape index (κ2) is 5.51. The highest BCUT2D eigenvalue weighted by atomic mass is 32.1. The monoisotopic (exact) mass is 278 g/mol. The number of aryl methyl sites for hydroxylation is 1. The fraction of sp³-hybridized carbons (Fsp3) is 0.500. The zero-order chi connectivity index (χ0) is 12.4. The van der Waals surface area contributed by atoms with Gasteiger partial charge in [0.15, 0.2) is 0 Å². The highest BCUT2D eigenvalue weighted by Gasteiger charge is 2.18. The van der Waals surface area contributed by atoms with Crippen LogP contribution in [0.4, 0.5) is 0 Å². The molecule has 3 rings (SSSR count). The van der Waals surface area contributed by atoms with Crippen LogP contribution in [0.5, 0.6) is 0 Å². The number of thiazole rings is 1. The lowest BCUT2D eigenvalue weighted by Gasteiger charge is -2.21. The van der Waals surface area contributed by atoms with Crippen LogP contribution in [0.15, 0.2) is 17.5 Å². The molecule has 1 aliphatic rings. The van der Waals surface area contributed by atoms with Gasteiger partial charge in [-0.15, -0.1) is 22.7 Å². The van der Waals surface area contributed by atoms with Gasteiger partial charge in [0.05, 0.1) is 16.6 Å². The van der Waals surface area contributed by atoms with E-state index < -0.39 is 0 Å². The first-order chi connectivity index (χ1) is 8.86. The third-order valence-corrected chi connectivity index (χ3v) is 5.60. The molecule has 1 atom stereocenters. The van der Waals surface area contributed by atoms with E-state index in [9.17, 15) is 0 Å². The number of thiophene rings is 1. The van der Waals surface area contributed by atoms with Crippen molar-refractivity contribution < 1.29 is 0 Å². The van der Waals surface area contributed by atoms with Gasteiger partial charge in [-0.05, 0) is 37.9 Å². The van der Waals surface area contributed by atoms with Gasteiger partial charge in [0.25, 0.3) is 0 Å². The summed E-state index contributed by atoms with van der Waals surface area (Å²) in [5.41, 5.74) is 1.16. The van der Waals surface area contributed by atoms with Crippen molar-refractivity contribution in [1.82, 2.24) is 10.3 Å². The van der Waals surface area contributed by atoms with Crippen molar-refractivity contribution in [2.45, 2.75) is 38.6 Å². The zero-order valence-corrected chi connectivity index (χ0v) is 12.2. The van der Waals surface area contributed by atoms with Crippen molar-refractivity contribution in [1.29, 1.82) is 0 Å². The molecule has 96 valence electrons. The molecule has 3 heterocycles. The molecule has 18 heavy (non-hydrogen) atoms. The van der Waals surface area contributed by atoms with Crippen molar-refractivity contribution in [2.24, 2.45) is 0 Å². The van der Waals surface area contributed by atoms with Gasteiger partial charge in [-0.25, -0.2) is 4.98 Å². The van der Waals surface area contributed by atoms with E-state index in [0.29, 0.717) is 6.04 Å². The Hall–Kier alpha value is -0.710. The summed E-state index contributed by atoms with van der Waals surface area (Å²) >= 11 is 3.67. The van der Waals surface area contributed by atoms with E-state index in [-0.39, 0.29) is 0 Å². The maximum atomic E-state index is 4.82. The lowest BCUT2D eigenvalue weighted by atomic mass is 10.1. The second-order valence-corrected chi connectivity index (χ2v) is 6.75. The van der Waals surface area contributed by atoms with Crippen molar-refractivity contribution in [3.05, 3.63) is 27.4 Å². The van der Waals surface area contributed by atoms with Crippen LogP contribution >= 0.6 is 22.7 Å². The van der Waals surface area contributed by atoms with Crippen LogP contribution in [0, 0.1) is 0 Å². The van der Waals surface area contributed by atoms with Gasteiger partial charge in [0, 0.05) is 10.3 Å². The zero-order valence-electron chi connectivity index (χ0n) is 10.6. The van der Waals surface area contributed by atoms with Crippen molar-refractivity contribution in [3.8, 4) is 10.6 Å².